The zero-order valence-corrected chi connectivity index (χ0v) is 17.9. The molecule has 0 heterocycles. The summed E-state index contributed by atoms with van der Waals surface area (Å²) in [6, 6.07) is 21.2. The molecule has 7 heteroatoms. The van der Waals surface area contributed by atoms with E-state index in [2.05, 4.69) is 5.32 Å². The van der Waals surface area contributed by atoms with Crippen LogP contribution >= 0.6 is 0 Å². The molecule has 0 atom stereocenters. The highest BCUT2D eigenvalue weighted by atomic mass is 16.5. The van der Waals surface area contributed by atoms with Crippen LogP contribution in [0, 0.1) is 0 Å². The fraction of sp³-hybridized carbons (Fsp3) is 0.200. The van der Waals surface area contributed by atoms with Crippen molar-refractivity contribution in [2.45, 2.75) is 12.5 Å². The maximum atomic E-state index is 12.7. The third-order valence-corrected chi connectivity index (χ3v) is 4.85. The molecule has 0 bridgehead atoms. The Morgan fingerprint density at radius 3 is 1.69 bits per heavy atom. The lowest BCUT2D eigenvalue weighted by molar-refractivity contribution is -0.136. The van der Waals surface area contributed by atoms with Gasteiger partial charge < -0.3 is 24.6 Å². The summed E-state index contributed by atoms with van der Waals surface area (Å²) in [6.45, 7) is -0.179. The summed E-state index contributed by atoms with van der Waals surface area (Å²) in [7, 11) is 3.20. The Bertz CT molecular complexity index is 982. The minimum absolute atomic E-state index is 0.0633. The minimum Gasteiger partial charge on any atom is -0.497 e. The highest BCUT2D eigenvalue weighted by Gasteiger charge is 2.18. The Labute approximate surface area is 186 Å². The van der Waals surface area contributed by atoms with Crippen molar-refractivity contribution in [2.24, 2.45) is 0 Å². The van der Waals surface area contributed by atoms with Crippen molar-refractivity contribution in [3.8, 4) is 17.2 Å². The summed E-state index contributed by atoms with van der Waals surface area (Å²) in [5, 5.41) is 11.9. The molecule has 2 N–H and O–H groups in total. The molecule has 0 fully saturated rings. The standard InChI is InChI=1S/C25H25NO6/c1-30-20-11-5-18(6-12-20)25(19-7-13-21(31-2)14-8-19)26-23(27)16-32-22-9-3-17(4-10-22)15-24(28)29/h3-14,25H,15-16H2,1-2H3,(H,26,27)(H,28,29). The van der Waals surface area contributed by atoms with Gasteiger partial charge in [-0.1, -0.05) is 36.4 Å². The molecule has 0 aliphatic rings. The van der Waals surface area contributed by atoms with Crippen LogP contribution < -0.4 is 19.5 Å². The van der Waals surface area contributed by atoms with E-state index in [0.29, 0.717) is 11.3 Å². The van der Waals surface area contributed by atoms with Crippen LogP contribution in [0.15, 0.2) is 72.8 Å². The number of carbonyl (C=O) groups excluding carboxylic acids is 1. The molecule has 3 aromatic carbocycles. The monoisotopic (exact) mass is 435 g/mol. The molecule has 3 aromatic rings. The topological polar surface area (TPSA) is 94.1 Å². The van der Waals surface area contributed by atoms with Crippen LogP contribution in [0.3, 0.4) is 0 Å². The Morgan fingerprint density at radius 1 is 0.781 bits per heavy atom. The first kappa shape index (κ1) is 22.7. The van der Waals surface area contributed by atoms with Gasteiger partial charge in [0.2, 0.25) is 0 Å². The van der Waals surface area contributed by atoms with Gasteiger partial charge in [0.1, 0.15) is 17.2 Å². The van der Waals surface area contributed by atoms with Crippen molar-refractivity contribution in [1.29, 1.82) is 0 Å². The molecule has 7 nitrogen and oxygen atoms in total. The number of benzene rings is 3. The minimum atomic E-state index is -0.902. The number of amides is 1. The number of ether oxygens (including phenoxy) is 3. The largest absolute Gasteiger partial charge is 0.497 e. The number of hydrogen-bond acceptors (Lipinski definition) is 5. The number of aliphatic carboxylic acids is 1. The summed E-state index contributed by atoms with van der Waals surface area (Å²) >= 11 is 0. The molecule has 3 rings (SSSR count). The number of carboxylic acid groups (broad SMARTS) is 1. The van der Waals surface area contributed by atoms with E-state index in [4.69, 9.17) is 19.3 Å². The molecular weight excluding hydrogens is 410 g/mol. The maximum absolute atomic E-state index is 12.7. The van der Waals surface area contributed by atoms with E-state index >= 15 is 0 Å². The van der Waals surface area contributed by atoms with Gasteiger partial charge in [0.05, 0.1) is 26.7 Å². The predicted molar refractivity (Wildman–Crippen MR) is 119 cm³/mol. The molecule has 32 heavy (non-hydrogen) atoms. The second kappa shape index (κ2) is 10.9. The number of rotatable bonds is 10. The van der Waals surface area contributed by atoms with Crippen molar-refractivity contribution < 1.29 is 28.9 Å². The normalized spacial score (nSPS) is 10.5. The second-order valence-electron chi connectivity index (χ2n) is 7.05. The number of nitrogens with one attached hydrogen (secondary N) is 1. The molecule has 0 unspecified atom stereocenters. The van der Waals surface area contributed by atoms with Gasteiger partial charge in [-0.3, -0.25) is 9.59 Å². The molecule has 166 valence electrons. The van der Waals surface area contributed by atoms with Gasteiger partial charge in [0.15, 0.2) is 6.61 Å². The molecule has 1 amide bonds. The molecule has 0 aliphatic carbocycles. The van der Waals surface area contributed by atoms with Crippen LogP contribution in [0.1, 0.15) is 22.7 Å². The summed E-state index contributed by atoms with van der Waals surface area (Å²) in [6.07, 6.45) is -0.0633. The Kier molecular flexibility index (Phi) is 7.70. The van der Waals surface area contributed by atoms with E-state index in [1.54, 1.807) is 38.5 Å². The highest BCUT2D eigenvalue weighted by molar-refractivity contribution is 5.78. The zero-order chi connectivity index (χ0) is 22.9. The first-order valence-electron chi connectivity index (χ1n) is 9.99. The van der Waals surface area contributed by atoms with Gasteiger partial charge in [-0.05, 0) is 53.1 Å². The Balaban J connectivity index is 1.70. The molecular formula is C25H25NO6. The van der Waals surface area contributed by atoms with Crippen LogP contribution in [0.2, 0.25) is 0 Å². The number of methoxy groups -OCH3 is 2. The van der Waals surface area contributed by atoms with E-state index in [-0.39, 0.29) is 25.0 Å². The Morgan fingerprint density at radius 2 is 1.25 bits per heavy atom. The lowest BCUT2D eigenvalue weighted by atomic mass is 9.98. The van der Waals surface area contributed by atoms with Gasteiger partial charge in [-0.15, -0.1) is 0 Å². The summed E-state index contributed by atoms with van der Waals surface area (Å²) in [4.78, 5) is 23.4. The van der Waals surface area contributed by atoms with Crippen molar-refractivity contribution in [2.75, 3.05) is 20.8 Å². The van der Waals surface area contributed by atoms with E-state index < -0.39 is 5.97 Å². The lowest BCUT2D eigenvalue weighted by Crippen LogP contribution is -2.33. The van der Waals surface area contributed by atoms with Crippen molar-refractivity contribution in [3.05, 3.63) is 89.5 Å². The number of carbonyl (C=O) groups is 2. The second-order valence-corrected chi connectivity index (χ2v) is 7.05. The van der Waals surface area contributed by atoms with Crippen LogP contribution in [-0.2, 0) is 16.0 Å². The molecule has 0 radical (unpaired) electrons. The summed E-state index contributed by atoms with van der Waals surface area (Å²) in [5.41, 5.74) is 2.44. The van der Waals surface area contributed by atoms with Gasteiger partial charge in [-0.25, -0.2) is 0 Å². The molecule has 0 saturated heterocycles. The van der Waals surface area contributed by atoms with Crippen molar-refractivity contribution in [3.63, 3.8) is 0 Å². The van der Waals surface area contributed by atoms with Crippen molar-refractivity contribution in [1.82, 2.24) is 5.32 Å². The van der Waals surface area contributed by atoms with Crippen LogP contribution in [-0.4, -0.2) is 37.8 Å². The quantitative estimate of drug-likeness (QED) is 0.505. The first-order chi connectivity index (χ1) is 15.5. The van der Waals surface area contributed by atoms with Crippen LogP contribution in [0.25, 0.3) is 0 Å². The predicted octanol–water partition coefficient (Wildman–Crippen LogP) is 3.62. The smallest absolute Gasteiger partial charge is 0.307 e. The third kappa shape index (κ3) is 6.25. The first-order valence-corrected chi connectivity index (χ1v) is 9.99. The van der Waals surface area contributed by atoms with Gasteiger partial charge in [-0.2, -0.15) is 0 Å². The molecule has 0 saturated carbocycles. The fourth-order valence-corrected chi connectivity index (χ4v) is 3.18. The zero-order valence-electron chi connectivity index (χ0n) is 17.9. The molecule has 0 aliphatic heterocycles. The third-order valence-electron chi connectivity index (χ3n) is 4.85. The van der Waals surface area contributed by atoms with E-state index in [1.165, 1.54) is 0 Å². The van der Waals surface area contributed by atoms with Crippen LogP contribution in [0.5, 0.6) is 17.2 Å². The average molecular weight is 435 g/mol. The fourth-order valence-electron chi connectivity index (χ4n) is 3.18. The van der Waals surface area contributed by atoms with Gasteiger partial charge >= 0.3 is 5.97 Å². The van der Waals surface area contributed by atoms with Crippen molar-refractivity contribution >= 4 is 11.9 Å². The van der Waals surface area contributed by atoms with Crippen LogP contribution in [0.4, 0.5) is 0 Å². The number of carboxylic acids is 1. The molecule has 0 aromatic heterocycles. The summed E-state index contributed by atoms with van der Waals surface area (Å²) in [5.74, 6) is 0.739. The van der Waals surface area contributed by atoms with E-state index in [9.17, 15) is 9.59 Å². The van der Waals surface area contributed by atoms with E-state index in [0.717, 1.165) is 22.6 Å². The summed E-state index contributed by atoms with van der Waals surface area (Å²) < 4.78 is 16.0. The number of hydrogen-bond donors (Lipinski definition) is 2. The van der Waals surface area contributed by atoms with Gasteiger partial charge in [0, 0.05) is 0 Å². The Hall–Kier alpha value is -4.00. The highest BCUT2D eigenvalue weighted by Crippen LogP contribution is 2.26. The maximum Gasteiger partial charge on any atom is 0.307 e. The molecule has 0 spiro atoms. The van der Waals surface area contributed by atoms with E-state index in [1.807, 2.05) is 48.5 Å². The SMILES string of the molecule is COc1ccc(C(NC(=O)COc2ccc(CC(=O)O)cc2)c2ccc(OC)cc2)cc1. The lowest BCUT2D eigenvalue weighted by Gasteiger charge is -2.20. The average Bonchev–Trinajstić information content (AvgIpc) is 2.82. The van der Waals surface area contributed by atoms with Gasteiger partial charge in [0.25, 0.3) is 5.91 Å².